The lowest BCUT2D eigenvalue weighted by atomic mass is 9.99. The highest BCUT2D eigenvalue weighted by Crippen LogP contribution is 2.28. The Bertz CT molecular complexity index is 541. The monoisotopic (exact) mass is 288 g/mol. The third-order valence-electron chi connectivity index (χ3n) is 3.32. The van der Waals surface area contributed by atoms with E-state index < -0.39 is 5.60 Å². The maximum absolute atomic E-state index is 12.5. The summed E-state index contributed by atoms with van der Waals surface area (Å²) >= 11 is 0. The van der Waals surface area contributed by atoms with Crippen molar-refractivity contribution in [3.63, 3.8) is 0 Å². The van der Waals surface area contributed by atoms with Crippen molar-refractivity contribution in [1.29, 1.82) is 0 Å². The molecule has 1 aromatic heterocycles. The number of aromatic nitrogens is 1. The van der Waals surface area contributed by atoms with Crippen molar-refractivity contribution < 1.29 is 9.53 Å². The molecule has 114 valence electrons. The topological polar surface area (TPSA) is 42.4 Å². The second kappa shape index (κ2) is 5.88. The minimum absolute atomic E-state index is 0.291. The largest absolute Gasteiger partial charge is 0.443 e. The van der Waals surface area contributed by atoms with Crippen molar-refractivity contribution in [3.05, 3.63) is 35.7 Å². The van der Waals surface area contributed by atoms with Gasteiger partial charge in [0, 0.05) is 24.0 Å². The fourth-order valence-corrected chi connectivity index (χ4v) is 2.29. The first-order chi connectivity index (χ1) is 9.76. The molecule has 2 heterocycles. The molecule has 4 heteroatoms. The molecule has 0 aliphatic carbocycles. The highest BCUT2D eigenvalue weighted by molar-refractivity contribution is 5.82. The van der Waals surface area contributed by atoms with E-state index in [4.69, 9.17) is 4.74 Å². The molecule has 0 fully saturated rings. The van der Waals surface area contributed by atoms with E-state index in [-0.39, 0.29) is 6.09 Å². The Labute approximate surface area is 126 Å². The lowest BCUT2D eigenvalue weighted by Crippen LogP contribution is -2.39. The van der Waals surface area contributed by atoms with Crippen molar-refractivity contribution in [3.8, 4) is 0 Å². The second-order valence-corrected chi connectivity index (χ2v) is 6.71. The van der Waals surface area contributed by atoms with Gasteiger partial charge in [-0.15, -0.1) is 0 Å². The van der Waals surface area contributed by atoms with Crippen LogP contribution in [0.3, 0.4) is 0 Å². The Morgan fingerprint density at radius 2 is 2.10 bits per heavy atom. The molecule has 1 amide bonds. The minimum Gasteiger partial charge on any atom is -0.443 e. The molecule has 0 radical (unpaired) electrons. The molecule has 0 saturated heterocycles. The van der Waals surface area contributed by atoms with Gasteiger partial charge >= 0.3 is 6.09 Å². The number of carbonyl (C=O) groups excluding carboxylic acids is 1. The highest BCUT2D eigenvalue weighted by atomic mass is 16.6. The zero-order valence-electron chi connectivity index (χ0n) is 13.5. The van der Waals surface area contributed by atoms with Gasteiger partial charge in [0.15, 0.2) is 0 Å². The van der Waals surface area contributed by atoms with Crippen molar-refractivity contribution in [1.82, 2.24) is 9.88 Å². The van der Waals surface area contributed by atoms with E-state index in [0.29, 0.717) is 12.5 Å². The average molecular weight is 288 g/mol. The van der Waals surface area contributed by atoms with E-state index in [1.807, 2.05) is 46.0 Å². The van der Waals surface area contributed by atoms with E-state index >= 15 is 0 Å². The van der Waals surface area contributed by atoms with E-state index in [9.17, 15) is 4.79 Å². The van der Waals surface area contributed by atoms with Gasteiger partial charge in [-0.25, -0.2) is 4.79 Å². The van der Waals surface area contributed by atoms with Crippen LogP contribution in [0.25, 0.3) is 5.70 Å². The van der Waals surface area contributed by atoms with Crippen LogP contribution >= 0.6 is 0 Å². The van der Waals surface area contributed by atoms with Gasteiger partial charge in [-0.3, -0.25) is 9.88 Å². The van der Waals surface area contributed by atoms with E-state index in [2.05, 4.69) is 18.0 Å². The second-order valence-electron chi connectivity index (χ2n) is 6.71. The Balaban J connectivity index is 2.28. The Kier molecular flexibility index (Phi) is 4.35. The molecule has 1 aliphatic rings. The summed E-state index contributed by atoms with van der Waals surface area (Å²) < 4.78 is 5.53. The van der Waals surface area contributed by atoms with Crippen LogP contribution in [0.15, 0.2) is 24.4 Å². The quantitative estimate of drug-likeness (QED) is 0.784. The normalized spacial score (nSPS) is 19.2. The van der Waals surface area contributed by atoms with Gasteiger partial charge < -0.3 is 4.74 Å². The smallest absolute Gasteiger partial charge is 0.414 e. The van der Waals surface area contributed by atoms with Crippen LogP contribution in [0.2, 0.25) is 0 Å². The molecular weight excluding hydrogens is 264 g/mol. The van der Waals surface area contributed by atoms with Crippen LogP contribution < -0.4 is 0 Å². The van der Waals surface area contributed by atoms with E-state index in [1.165, 1.54) is 0 Å². The summed E-state index contributed by atoms with van der Waals surface area (Å²) in [6.07, 6.45) is 4.59. The van der Waals surface area contributed by atoms with Gasteiger partial charge in [0.25, 0.3) is 0 Å². The summed E-state index contributed by atoms with van der Waals surface area (Å²) in [6, 6.07) is 3.96. The van der Waals surface area contributed by atoms with Gasteiger partial charge in [0.2, 0.25) is 0 Å². The number of aryl methyl sites for hydroxylation is 1. The summed E-state index contributed by atoms with van der Waals surface area (Å²) in [5.41, 5.74) is 2.33. The predicted octanol–water partition coefficient (Wildman–Crippen LogP) is 4.01. The van der Waals surface area contributed by atoms with Crippen LogP contribution in [0.1, 0.15) is 45.4 Å². The fraction of sp³-hybridized carbons (Fsp3) is 0.529. The van der Waals surface area contributed by atoms with E-state index in [0.717, 1.165) is 23.4 Å². The molecule has 1 aliphatic heterocycles. The summed E-state index contributed by atoms with van der Waals surface area (Å²) in [5, 5.41) is 0. The zero-order valence-corrected chi connectivity index (χ0v) is 13.5. The molecule has 0 saturated carbocycles. The number of carbonyl (C=O) groups is 1. The number of amides is 1. The number of nitrogens with zero attached hydrogens (tertiary/aromatic N) is 2. The Hall–Kier alpha value is -1.84. The number of rotatable bonds is 1. The molecule has 1 atom stereocenters. The van der Waals surface area contributed by atoms with Gasteiger partial charge in [-0.05, 0) is 52.2 Å². The molecule has 0 unspecified atom stereocenters. The third-order valence-corrected chi connectivity index (χ3v) is 3.32. The third kappa shape index (κ3) is 4.06. The SMILES string of the molecule is Cc1ccc(C2=CC[C@H](C)CN2C(=O)OC(C)(C)C)cn1. The summed E-state index contributed by atoms with van der Waals surface area (Å²) in [4.78, 5) is 18.5. The molecule has 1 aromatic rings. The van der Waals surface area contributed by atoms with Gasteiger partial charge in [-0.2, -0.15) is 0 Å². The molecular formula is C17H24N2O2. The zero-order chi connectivity index (χ0) is 15.6. The molecule has 4 nitrogen and oxygen atoms in total. The molecule has 0 spiro atoms. The van der Waals surface area contributed by atoms with Crippen molar-refractivity contribution >= 4 is 11.8 Å². The Morgan fingerprint density at radius 3 is 2.67 bits per heavy atom. The van der Waals surface area contributed by atoms with Crippen LogP contribution in [0.4, 0.5) is 4.79 Å². The minimum atomic E-state index is -0.492. The standard InChI is InChI=1S/C17H24N2O2/c1-12-6-9-15(14-8-7-13(2)18-10-14)19(11-12)16(20)21-17(3,4)5/h7-10,12H,6,11H2,1-5H3/t12-/m0/s1. The first-order valence-corrected chi connectivity index (χ1v) is 7.40. The Morgan fingerprint density at radius 1 is 1.38 bits per heavy atom. The molecule has 0 aromatic carbocycles. The number of allylic oxidation sites excluding steroid dienone is 1. The molecule has 0 N–H and O–H groups in total. The number of hydrogen-bond donors (Lipinski definition) is 0. The maximum Gasteiger partial charge on any atom is 0.414 e. The number of pyridine rings is 1. The number of hydrogen-bond acceptors (Lipinski definition) is 3. The fourth-order valence-electron chi connectivity index (χ4n) is 2.29. The molecule has 21 heavy (non-hydrogen) atoms. The van der Waals surface area contributed by atoms with Crippen LogP contribution in [-0.2, 0) is 4.74 Å². The van der Waals surface area contributed by atoms with Crippen molar-refractivity contribution in [2.24, 2.45) is 5.92 Å². The molecule has 2 rings (SSSR count). The summed E-state index contributed by atoms with van der Waals surface area (Å²) in [6.45, 7) is 10.4. The van der Waals surface area contributed by atoms with Crippen LogP contribution in [0.5, 0.6) is 0 Å². The van der Waals surface area contributed by atoms with Gasteiger partial charge in [0.1, 0.15) is 5.60 Å². The van der Waals surface area contributed by atoms with Crippen LogP contribution in [-0.4, -0.2) is 28.1 Å². The average Bonchev–Trinajstić information content (AvgIpc) is 2.38. The first kappa shape index (κ1) is 15.5. The highest BCUT2D eigenvalue weighted by Gasteiger charge is 2.29. The summed E-state index contributed by atoms with van der Waals surface area (Å²) in [7, 11) is 0. The van der Waals surface area contributed by atoms with Crippen molar-refractivity contribution in [2.45, 2.75) is 46.6 Å². The first-order valence-electron chi connectivity index (χ1n) is 7.40. The number of ether oxygens (including phenoxy) is 1. The predicted molar refractivity (Wildman–Crippen MR) is 83.7 cm³/mol. The molecule has 0 bridgehead atoms. The maximum atomic E-state index is 12.5. The van der Waals surface area contributed by atoms with Crippen LogP contribution in [0, 0.1) is 12.8 Å². The lowest BCUT2D eigenvalue weighted by Gasteiger charge is -2.33. The van der Waals surface area contributed by atoms with Gasteiger partial charge in [0.05, 0.1) is 5.70 Å². The van der Waals surface area contributed by atoms with E-state index in [1.54, 1.807) is 4.90 Å². The van der Waals surface area contributed by atoms with Gasteiger partial charge in [-0.1, -0.05) is 13.0 Å². The lowest BCUT2D eigenvalue weighted by molar-refractivity contribution is 0.0327. The van der Waals surface area contributed by atoms with Crippen molar-refractivity contribution in [2.75, 3.05) is 6.54 Å². The summed E-state index contributed by atoms with van der Waals surface area (Å²) in [5.74, 6) is 0.430.